The van der Waals surface area contributed by atoms with Crippen LogP contribution in [0.25, 0.3) is 11.0 Å². The summed E-state index contributed by atoms with van der Waals surface area (Å²) in [6.07, 6.45) is 2.16. The number of carbonyl (C=O) groups excluding carboxylic acids is 1. The highest BCUT2D eigenvalue weighted by atomic mass is 32.2. The van der Waals surface area contributed by atoms with Crippen molar-refractivity contribution in [2.75, 3.05) is 6.54 Å². The summed E-state index contributed by atoms with van der Waals surface area (Å²) < 4.78 is 28.1. The fourth-order valence-electron chi connectivity index (χ4n) is 3.70. The summed E-state index contributed by atoms with van der Waals surface area (Å²) in [5, 5.41) is 0. The summed E-state index contributed by atoms with van der Waals surface area (Å²) in [4.78, 5) is 22.2. The van der Waals surface area contributed by atoms with E-state index >= 15 is 0 Å². The first-order valence-electron chi connectivity index (χ1n) is 9.98. The molecule has 2 N–H and O–H groups in total. The molecule has 0 spiro atoms. The minimum absolute atomic E-state index is 0.0597. The maximum Gasteiger partial charge on any atom is 0.241 e. The molecule has 0 saturated carbocycles. The van der Waals surface area contributed by atoms with E-state index in [1.165, 1.54) is 0 Å². The number of nitrogens with one attached hydrogen (secondary N) is 2. The van der Waals surface area contributed by atoms with Gasteiger partial charge in [-0.15, -0.1) is 0 Å². The Hall–Kier alpha value is -2.71. The Morgan fingerprint density at radius 1 is 1.20 bits per heavy atom. The number of rotatable bonds is 5. The van der Waals surface area contributed by atoms with Crippen LogP contribution in [0.15, 0.2) is 53.6 Å². The first-order chi connectivity index (χ1) is 14.1. The summed E-state index contributed by atoms with van der Waals surface area (Å²) in [7, 11) is -3.77. The maximum atomic E-state index is 12.8. The molecule has 1 amide bonds. The molecule has 3 heterocycles. The molecule has 7 nitrogen and oxygen atoms in total. The summed E-state index contributed by atoms with van der Waals surface area (Å²) in [6.45, 7) is 7.11. The summed E-state index contributed by atoms with van der Waals surface area (Å²) in [6, 6.07) is 11.8. The van der Waals surface area contributed by atoms with Crippen LogP contribution in [0.2, 0.25) is 0 Å². The zero-order valence-electron chi connectivity index (χ0n) is 17.3. The molecule has 1 fully saturated rings. The number of nitrogens with zero attached hydrogens (tertiary/aromatic N) is 2. The normalized spacial score (nSPS) is 17.8. The first kappa shape index (κ1) is 20.6. The lowest BCUT2D eigenvalue weighted by Gasteiger charge is -2.19. The predicted octanol–water partition coefficient (Wildman–Crippen LogP) is 2.94. The van der Waals surface area contributed by atoms with Crippen molar-refractivity contribution in [2.24, 2.45) is 0 Å². The van der Waals surface area contributed by atoms with Crippen molar-refractivity contribution < 1.29 is 13.2 Å². The minimum Gasteiger partial charge on any atom is -0.356 e. The highest BCUT2D eigenvalue weighted by molar-refractivity contribution is 7.89. The Labute approximate surface area is 176 Å². The largest absolute Gasteiger partial charge is 0.356 e. The van der Waals surface area contributed by atoms with Crippen LogP contribution in [0.4, 0.5) is 0 Å². The standard InChI is InChI=1S/C22H26N4O3S/c1-22(2,3)15-6-8-17(9-7-15)30(28,29)25-19-10-12-26(21(19)27)14-16-13-20-18(24-16)5-4-11-23-20/h4-9,11,13,19,24-25H,10,12,14H2,1-3H3/t19-/m0/s1. The van der Waals surface area contributed by atoms with Crippen LogP contribution < -0.4 is 4.72 Å². The van der Waals surface area contributed by atoms with E-state index in [1.54, 1.807) is 23.2 Å². The molecule has 1 aliphatic rings. The van der Waals surface area contributed by atoms with Gasteiger partial charge < -0.3 is 9.88 Å². The zero-order valence-corrected chi connectivity index (χ0v) is 18.2. The van der Waals surface area contributed by atoms with Crippen LogP contribution in [0.3, 0.4) is 0 Å². The summed E-state index contributed by atoms with van der Waals surface area (Å²) in [5.41, 5.74) is 3.62. The van der Waals surface area contributed by atoms with Gasteiger partial charge in [-0.2, -0.15) is 4.72 Å². The van der Waals surface area contributed by atoms with E-state index in [1.807, 2.05) is 30.3 Å². The van der Waals surface area contributed by atoms with Crippen LogP contribution in [0.5, 0.6) is 0 Å². The average Bonchev–Trinajstić information content (AvgIpc) is 3.25. The number of H-pyrrole nitrogens is 1. The van der Waals surface area contributed by atoms with Gasteiger partial charge in [-0.3, -0.25) is 9.78 Å². The third-order valence-corrected chi connectivity index (χ3v) is 6.92. The van der Waals surface area contributed by atoms with Crippen molar-refractivity contribution >= 4 is 27.0 Å². The summed E-state index contributed by atoms with van der Waals surface area (Å²) >= 11 is 0. The third-order valence-electron chi connectivity index (χ3n) is 5.43. The monoisotopic (exact) mass is 426 g/mol. The van der Waals surface area contributed by atoms with E-state index in [2.05, 4.69) is 35.5 Å². The minimum atomic E-state index is -3.77. The van der Waals surface area contributed by atoms with Gasteiger partial charge in [-0.25, -0.2) is 8.42 Å². The van der Waals surface area contributed by atoms with E-state index in [-0.39, 0.29) is 16.2 Å². The number of hydrogen-bond donors (Lipinski definition) is 2. The lowest BCUT2D eigenvalue weighted by molar-refractivity contribution is -0.129. The number of carbonyl (C=O) groups is 1. The Morgan fingerprint density at radius 3 is 2.60 bits per heavy atom. The van der Waals surface area contributed by atoms with E-state index in [0.717, 1.165) is 22.3 Å². The van der Waals surface area contributed by atoms with Gasteiger partial charge in [0, 0.05) is 18.4 Å². The van der Waals surface area contributed by atoms with Crippen molar-refractivity contribution in [2.45, 2.75) is 50.1 Å². The van der Waals surface area contributed by atoms with E-state index in [9.17, 15) is 13.2 Å². The van der Waals surface area contributed by atoms with Gasteiger partial charge in [0.25, 0.3) is 0 Å². The number of benzene rings is 1. The van der Waals surface area contributed by atoms with Crippen LogP contribution in [-0.2, 0) is 26.8 Å². The van der Waals surface area contributed by atoms with Crippen LogP contribution in [0.1, 0.15) is 38.4 Å². The molecule has 0 aliphatic carbocycles. The molecule has 0 bridgehead atoms. The topological polar surface area (TPSA) is 95.2 Å². The number of hydrogen-bond acceptors (Lipinski definition) is 4. The predicted molar refractivity (Wildman–Crippen MR) is 115 cm³/mol. The number of aromatic nitrogens is 2. The van der Waals surface area contributed by atoms with Gasteiger partial charge in [-0.1, -0.05) is 32.9 Å². The van der Waals surface area contributed by atoms with E-state index < -0.39 is 16.1 Å². The molecule has 1 aliphatic heterocycles. The Morgan fingerprint density at radius 2 is 1.93 bits per heavy atom. The molecule has 1 atom stereocenters. The van der Waals surface area contributed by atoms with Crippen LogP contribution in [0, 0.1) is 0 Å². The molecule has 3 aromatic rings. The molecule has 8 heteroatoms. The quantitative estimate of drug-likeness (QED) is 0.656. The van der Waals surface area contributed by atoms with E-state index in [4.69, 9.17) is 0 Å². The molecule has 1 saturated heterocycles. The van der Waals surface area contributed by atoms with Crippen molar-refractivity contribution in [3.63, 3.8) is 0 Å². The second-order valence-corrected chi connectivity index (χ2v) is 10.4. The SMILES string of the molecule is CC(C)(C)c1ccc(S(=O)(=O)N[C@H]2CCN(Cc3cc4ncccc4[nH]3)C2=O)cc1. The molecule has 158 valence electrons. The molecule has 4 rings (SSSR count). The highest BCUT2D eigenvalue weighted by Gasteiger charge is 2.35. The molecule has 0 unspecified atom stereocenters. The molecule has 0 radical (unpaired) electrons. The smallest absolute Gasteiger partial charge is 0.241 e. The number of sulfonamides is 1. The number of pyridine rings is 1. The van der Waals surface area contributed by atoms with Crippen molar-refractivity contribution in [1.82, 2.24) is 19.6 Å². The van der Waals surface area contributed by atoms with Crippen molar-refractivity contribution in [1.29, 1.82) is 0 Å². The summed E-state index contributed by atoms with van der Waals surface area (Å²) in [5.74, 6) is -0.212. The fourth-order valence-corrected chi connectivity index (χ4v) is 4.92. The third kappa shape index (κ3) is 4.11. The van der Waals surface area contributed by atoms with Gasteiger partial charge in [-0.05, 0) is 47.7 Å². The second-order valence-electron chi connectivity index (χ2n) is 8.73. The van der Waals surface area contributed by atoms with Crippen molar-refractivity contribution in [3.8, 4) is 0 Å². The second kappa shape index (κ2) is 7.52. The zero-order chi connectivity index (χ0) is 21.5. The Balaban J connectivity index is 1.44. The number of amides is 1. The Kier molecular flexibility index (Phi) is 5.15. The lowest BCUT2D eigenvalue weighted by atomic mass is 9.87. The number of likely N-dealkylation sites (tertiary alicyclic amines) is 1. The molecule has 1 aromatic carbocycles. The van der Waals surface area contributed by atoms with E-state index in [0.29, 0.717) is 19.5 Å². The Bertz CT molecular complexity index is 1140. The van der Waals surface area contributed by atoms with Crippen LogP contribution >= 0.6 is 0 Å². The fraction of sp³-hybridized carbons (Fsp3) is 0.364. The number of fused-ring (bicyclic) bond motifs is 1. The highest BCUT2D eigenvalue weighted by Crippen LogP contribution is 2.24. The lowest BCUT2D eigenvalue weighted by Crippen LogP contribution is -2.41. The van der Waals surface area contributed by atoms with Gasteiger partial charge >= 0.3 is 0 Å². The first-order valence-corrected chi connectivity index (χ1v) is 11.5. The molecule has 2 aromatic heterocycles. The maximum absolute atomic E-state index is 12.8. The molecule has 30 heavy (non-hydrogen) atoms. The number of aromatic amines is 1. The van der Waals surface area contributed by atoms with Crippen molar-refractivity contribution in [3.05, 3.63) is 59.9 Å². The van der Waals surface area contributed by atoms with Gasteiger partial charge in [0.15, 0.2) is 0 Å². The van der Waals surface area contributed by atoms with Gasteiger partial charge in [0.1, 0.15) is 6.04 Å². The molecular weight excluding hydrogens is 400 g/mol. The van der Waals surface area contributed by atoms with Gasteiger partial charge in [0.2, 0.25) is 15.9 Å². The average molecular weight is 427 g/mol. The van der Waals surface area contributed by atoms with Crippen LogP contribution in [-0.4, -0.2) is 41.8 Å². The van der Waals surface area contributed by atoms with Gasteiger partial charge in [0.05, 0.1) is 22.5 Å². The molecular formula is C22H26N4O3S.